The second kappa shape index (κ2) is 2.48. The van der Waals surface area contributed by atoms with E-state index >= 15 is 0 Å². The van der Waals surface area contributed by atoms with Crippen LogP contribution in [0.5, 0.6) is 5.75 Å². The molecule has 0 atom stereocenters. The van der Waals surface area contributed by atoms with Crippen molar-refractivity contribution in [3.63, 3.8) is 0 Å². The smallest absolute Gasteiger partial charge is 0.192 e. The minimum absolute atomic E-state index is 0.144. The average Bonchev–Trinajstić information content (AvgIpc) is 2.41. The zero-order valence-electron chi connectivity index (χ0n) is 6.34. The van der Waals surface area contributed by atoms with Crippen molar-refractivity contribution in [2.45, 2.75) is 6.92 Å². The Morgan fingerprint density at radius 2 is 2.25 bits per heavy atom. The van der Waals surface area contributed by atoms with Crippen molar-refractivity contribution in [1.82, 2.24) is 4.98 Å². The number of rotatable bonds is 0. The summed E-state index contributed by atoms with van der Waals surface area (Å²) in [5.74, 6) is 0.692. The predicted octanol–water partition coefficient (Wildman–Crippen LogP) is 2.60. The number of aromatic hydroxyl groups is 1. The molecule has 2 aromatic rings. The van der Waals surface area contributed by atoms with Gasteiger partial charge in [-0.05, 0) is 28.1 Å². The molecule has 1 aromatic heterocycles. The summed E-state index contributed by atoms with van der Waals surface area (Å²) in [6.45, 7) is 1.74. The Balaban J connectivity index is 2.93. The molecule has 0 aliphatic heterocycles. The lowest BCUT2D eigenvalue weighted by atomic mass is 10.3. The van der Waals surface area contributed by atoms with Crippen molar-refractivity contribution >= 4 is 27.0 Å². The summed E-state index contributed by atoms with van der Waals surface area (Å²) in [5, 5.41) is 9.37. The number of aromatic nitrogens is 1. The molecule has 0 unspecified atom stereocenters. The molecule has 0 fully saturated rings. The van der Waals surface area contributed by atoms with Gasteiger partial charge >= 0.3 is 0 Å². The Kier molecular flexibility index (Phi) is 1.58. The van der Waals surface area contributed by atoms with Crippen molar-refractivity contribution in [3.8, 4) is 5.75 Å². The Bertz CT molecular complexity index is 397. The normalized spacial score (nSPS) is 10.8. The maximum atomic E-state index is 9.37. The molecule has 0 aliphatic rings. The quantitative estimate of drug-likeness (QED) is 0.753. The fourth-order valence-corrected chi connectivity index (χ4v) is 1.47. The standard InChI is InChI=1S/C8H6BrNO2/c1-4-10-7-6(11)3-2-5(9)8(7)12-4/h2-3,11H,1H3. The molecule has 0 aliphatic carbocycles. The highest BCUT2D eigenvalue weighted by Crippen LogP contribution is 2.30. The number of nitrogens with zero attached hydrogens (tertiary/aromatic N) is 1. The van der Waals surface area contributed by atoms with E-state index in [-0.39, 0.29) is 5.75 Å². The molecule has 1 N–H and O–H groups in total. The highest BCUT2D eigenvalue weighted by molar-refractivity contribution is 9.10. The molecule has 1 aromatic carbocycles. The van der Waals surface area contributed by atoms with E-state index in [4.69, 9.17) is 4.42 Å². The lowest BCUT2D eigenvalue weighted by molar-refractivity contribution is 0.480. The summed E-state index contributed by atoms with van der Waals surface area (Å²) in [6.07, 6.45) is 0. The summed E-state index contributed by atoms with van der Waals surface area (Å²) >= 11 is 3.30. The van der Waals surface area contributed by atoms with Crippen LogP contribution in [0.25, 0.3) is 11.1 Å². The van der Waals surface area contributed by atoms with Crippen LogP contribution in [0.4, 0.5) is 0 Å². The number of phenolic OH excluding ortho intramolecular Hbond substituents is 1. The van der Waals surface area contributed by atoms with Gasteiger partial charge in [-0.25, -0.2) is 4.98 Å². The van der Waals surface area contributed by atoms with Gasteiger partial charge in [0.1, 0.15) is 5.75 Å². The van der Waals surface area contributed by atoms with Crippen LogP contribution in [0.15, 0.2) is 21.0 Å². The van der Waals surface area contributed by atoms with Gasteiger partial charge in [0.2, 0.25) is 0 Å². The number of halogens is 1. The van der Waals surface area contributed by atoms with E-state index in [1.165, 1.54) is 0 Å². The van der Waals surface area contributed by atoms with Crippen LogP contribution >= 0.6 is 15.9 Å². The SMILES string of the molecule is Cc1nc2c(O)ccc(Br)c2o1. The first-order valence-electron chi connectivity index (χ1n) is 3.43. The molecule has 0 saturated carbocycles. The summed E-state index contributed by atoms with van der Waals surface area (Å²) in [6, 6.07) is 3.30. The summed E-state index contributed by atoms with van der Waals surface area (Å²) in [5.41, 5.74) is 1.09. The fraction of sp³-hybridized carbons (Fsp3) is 0.125. The topological polar surface area (TPSA) is 46.3 Å². The third-order valence-corrected chi connectivity index (χ3v) is 2.21. The second-order valence-electron chi connectivity index (χ2n) is 2.48. The maximum absolute atomic E-state index is 9.37. The molecule has 62 valence electrons. The third kappa shape index (κ3) is 0.992. The molecule has 4 heteroatoms. The number of hydrogen-bond donors (Lipinski definition) is 1. The Morgan fingerprint density at radius 1 is 1.50 bits per heavy atom. The zero-order valence-corrected chi connectivity index (χ0v) is 7.92. The molecule has 1 heterocycles. The number of fused-ring (bicyclic) bond motifs is 1. The average molecular weight is 228 g/mol. The van der Waals surface area contributed by atoms with Gasteiger partial charge in [0.05, 0.1) is 4.47 Å². The fourth-order valence-electron chi connectivity index (χ4n) is 1.07. The van der Waals surface area contributed by atoms with E-state index < -0.39 is 0 Å². The molecular weight excluding hydrogens is 222 g/mol. The molecular formula is C8H6BrNO2. The van der Waals surface area contributed by atoms with Crippen LogP contribution in [0.1, 0.15) is 5.89 Å². The van der Waals surface area contributed by atoms with E-state index in [1.807, 2.05) is 0 Å². The van der Waals surface area contributed by atoms with Gasteiger partial charge in [-0.1, -0.05) is 0 Å². The highest BCUT2D eigenvalue weighted by atomic mass is 79.9. The summed E-state index contributed by atoms with van der Waals surface area (Å²) in [7, 11) is 0. The largest absolute Gasteiger partial charge is 0.506 e. The number of hydrogen-bond acceptors (Lipinski definition) is 3. The van der Waals surface area contributed by atoms with Crippen molar-refractivity contribution in [1.29, 1.82) is 0 Å². The van der Waals surface area contributed by atoms with Gasteiger partial charge in [0.15, 0.2) is 17.0 Å². The van der Waals surface area contributed by atoms with Gasteiger partial charge in [0, 0.05) is 6.92 Å². The molecule has 3 nitrogen and oxygen atoms in total. The van der Waals surface area contributed by atoms with Crippen LogP contribution in [0.2, 0.25) is 0 Å². The first kappa shape index (κ1) is 7.61. The van der Waals surface area contributed by atoms with E-state index in [2.05, 4.69) is 20.9 Å². The number of oxazole rings is 1. The Labute approximate surface area is 77.2 Å². The highest BCUT2D eigenvalue weighted by Gasteiger charge is 2.09. The zero-order chi connectivity index (χ0) is 8.72. The molecule has 0 spiro atoms. The van der Waals surface area contributed by atoms with E-state index in [0.29, 0.717) is 17.0 Å². The lowest BCUT2D eigenvalue weighted by Gasteiger charge is -1.92. The van der Waals surface area contributed by atoms with E-state index in [1.54, 1.807) is 19.1 Å². The van der Waals surface area contributed by atoms with Crippen LogP contribution < -0.4 is 0 Å². The van der Waals surface area contributed by atoms with Gasteiger partial charge in [-0.2, -0.15) is 0 Å². The van der Waals surface area contributed by atoms with Crippen molar-refractivity contribution in [3.05, 3.63) is 22.5 Å². The maximum Gasteiger partial charge on any atom is 0.192 e. The van der Waals surface area contributed by atoms with Crippen LogP contribution in [0, 0.1) is 6.92 Å². The molecule has 0 amide bonds. The molecule has 2 rings (SSSR count). The van der Waals surface area contributed by atoms with Crippen molar-refractivity contribution in [2.24, 2.45) is 0 Å². The van der Waals surface area contributed by atoms with Crippen LogP contribution in [-0.4, -0.2) is 10.1 Å². The van der Waals surface area contributed by atoms with Gasteiger partial charge in [0.25, 0.3) is 0 Å². The first-order valence-corrected chi connectivity index (χ1v) is 4.22. The number of aryl methyl sites for hydroxylation is 1. The van der Waals surface area contributed by atoms with E-state index in [0.717, 1.165) is 4.47 Å². The van der Waals surface area contributed by atoms with Crippen molar-refractivity contribution in [2.75, 3.05) is 0 Å². The summed E-state index contributed by atoms with van der Waals surface area (Å²) < 4.78 is 6.06. The minimum atomic E-state index is 0.144. The molecule has 0 radical (unpaired) electrons. The van der Waals surface area contributed by atoms with Crippen molar-refractivity contribution < 1.29 is 9.52 Å². The molecule has 0 saturated heterocycles. The second-order valence-corrected chi connectivity index (χ2v) is 3.33. The number of phenols is 1. The minimum Gasteiger partial charge on any atom is -0.506 e. The third-order valence-electron chi connectivity index (χ3n) is 1.58. The summed E-state index contributed by atoms with van der Waals surface area (Å²) in [4.78, 5) is 4.03. The van der Waals surface area contributed by atoms with Gasteiger partial charge < -0.3 is 9.52 Å². The van der Waals surface area contributed by atoms with Gasteiger partial charge in [-0.3, -0.25) is 0 Å². The van der Waals surface area contributed by atoms with Crippen LogP contribution in [-0.2, 0) is 0 Å². The van der Waals surface area contributed by atoms with E-state index in [9.17, 15) is 5.11 Å². The van der Waals surface area contributed by atoms with Crippen LogP contribution in [0.3, 0.4) is 0 Å². The number of benzene rings is 1. The molecule has 0 bridgehead atoms. The first-order chi connectivity index (χ1) is 5.68. The Hall–Kier alpha value is -1.03. The lowest BCUT2D eigenvalue weighted by Crippen LogP contribution is -1.71. The van der Waals surface area contributed by atoms with Gasteiger partial charge in [-0.15, -0.1) is 0 Å². The monoisotopic (exact) mass is 227 g/mol. The molecule has 12 heavy (non-hydrogen) atoms. The predicted molar refractivity (Wildman–Crippen MR) is 48.1 cm³/mol. The Morgan fingerprint density at radius 3 is 2.92 bits per heavy atom.